The molecule has 0 aromatic carbocycles. The maximum Gasteiger partial charge on any atom is 0.0700 e. The molecule has 0 saturated carbocycles. The Bertz CT molecular complexity index is 381. The molecule has 0 unspecified atom stereocenters. The molecule has 15 heavy (non-hydrogen) atoms. The summed E-state index contributed by atoms with van der Waals surface area (Å²) in [7, 11) is 0. The van der Waals surface area contributed by atoms with E-state index in [4.69, 9.17) is 5.73 Å². The Morgan fingerprint density at radius 3 is 2.93 bits per heavy atom. The van der Waals surface area contributed by atoms with E-state index in [-0.39, 0.29) is 11.5 Å². The second kappa shape index (κ2) is 3.30. The first-order chi connectivity index (χ1) is 7.23. The van der Waals surface area contributed by atoms with Gasteiger partial charge in [0.05, 0.1) is 22.4 Å². The Morgan fingerprint density at radius 2 is 2.27 bits per heavy atom. The summed E-state index contributed by atoms with van der Waals surface area (Å²) in [5, 5.41) is 7.76. The van der Waals surface area contributed by atoms with Crippen LogP contribution in [0.2, 0.25) is 0 Å². The first-order valence-electron chi connectivity index (χ1n) is 5.40. The quantitative estimate of drug-likeness (QED) is 0.741. The van der Waals surface area contributed by atoms with Crippen LogP contribution in [-0.2, 0) is 6.54 Å². The molecule has 1 spiro atoms. The fourth-order valence-corrected chi connectivity index (χ4v) is 3.43. The Morgan fingerprint density at radius 1 is 1.53 bits per heavy atom. The number of fused-ring (bicyclic) bond motifs is 1. The summed E-state index contributed by atoms with van der Waals surface area (Å²) in [6.07, 6.45) is 4.16. The van der Waals surface area contributed by atoms with Crippen LogP contribution in [0.5, 0.6) is 0 Å². The van der Waals surface area contributed by atoms with Crippen LogP contribution < -0.4 is 11.1 Å². The van der Waals surface area contributed by atoms with Crippen molar-refractivity contribution in [3.63, 3.8) is 0 Å². The van der Waals surface area contributed by atoms with Crippen LogP contribution in [0, 0.1) is 5.41 Å². The van der Waals surface area contributed by atoms with Crippen molar-refractivity contribution in [3.05, 3.63) is 16.4 Å². The normalized spacial score (nSPS) is 28.3. The minimum atomic E-state index is 0.136. The zero-order valence-electron chi connectivity index (χ0n) is 8.54. The van der Waals surface area contributed by atoms with Gasteiger partial charge >= 0.3 is 0 Å². The van der Waals surface area contributed by atoms with E-state index in [0.717, 1.165) is 36.9 Å². The summed E-state index contributed by atoms with van der Waals surface area (Å²) in [6, 6.07) is 0.136. The number of hydrogen-bond donors (Lipinski definition) is 2. The third-order valence-corrected chi connectivity index (χ3v) is 4.46. The molecule has 3 heterocycles. The van der Waals surface area contributed by atoms with Crippen LogP contribution in [0.3, 0.4) is 0 Å². The number of halogens is 1. The van der Waals surface area contributed by atoms with Gasteiger partial charge in [0.15, 0.2) is 0 Å². The predicted octanol–water partition coefficient (Wildman–Crippen LogP) is 1.03. The van der Waals surface area contributed by atoms with Gasteiger partial charge in [-0.2, -0.15) is 5.10 Å². The lowest BCUT2D eigenvalue weighted by Gasteiger charge is -2.36. The fourth-order valence-electron chi connectivity index (χ4n) is 2.89. The van der Waals surface area contributed by atoms with Crippen LogP contribution in [0.15, 0.2) is 10.7 Å². The third kappa shape index (κ3) is 1.30. The number of nitrogens with one attached hydrogen (secondary N) is 1. The van der Waals surface area contributed by atoms with Crippen LogP contribution >= 0.6 is 15.9 Å². The van der Waals surface area contributed by atoms with Gasteiger partial charge < -0.3 is 11.1 Å². The molecule has 3 N–H and O–H groups in total. The zero-order chi connectivity index (χ0) is 10.5. The second-order valence-corrected chi connectivity index (χ2v) is 5.48. The number of hydrogen-bond acceptors (Lipinski definition) is 3. The van der Waals surface area contributed by atoms with E-state index in [9.17, 15) is 0 Å². The van der Waals surface area contributed by atoms with Crippen molar-refractivity contribution in [2.24, 2.45) is 11.1 Å². The number of rotatable bonds is 0. The van der Waals surface area contributed by atoms with Gasteiger partial charge in [-0.3, -0.25) is 4.68 Å². The second-order valence-electron chi connectivity index (χ2n) is 4.63. The first-order valence-corrected chi connectivity index (χ1v) is 6.20. The van der Waals surface area contributed by atoms with Crippen molar-refractivity contribution in [2.45, 2.75) is 25.4 Å². The summed E-state index contributed by atoms with van der Waals surface area (Å²) in [5.74, 6) is 0. The van der Waals surface area contributed by atoms with E-state index in [0.29, 0.717) is 0 Å². The number of nitrogens with zero attached hydrogens (tertiary/aromatic N) is 2. The average Bonchev–Trinajstić information content (AvgIpc) is 2.71. The molecule has 0 radical (unpaired) electrons. The predicted molar refractivity (Wildman–Crippen MR) is 61.4 cm³/mol. The van der Waals surface area contributed by atoms with Crippen molar-refractivity contribution < 1.29 is 0 Å². The van der Waals surface area contributed by atoms with Crippen molar-refractivity contribution in [3.8, 4) is 0 Å². The Kier molecular flexibility index (Phi) is 2.16. The smallest absolute Gasteiger partial charge is 0.0700 e. The SMILES string of the molecule is N[C@@H]1c2c(Br)cnn2CC12CCNCC2. The highest BCUT2D eigenvalue weighted by atomic mass is 79.9. The summed E-state index contributed by atoms with van der Waals surface area (Å²) in [4.78, 5) is 0. The van der Waals surface area contributed by atoms with Crippen molar-refractivity contribution >= 4 is 15.9 Å². The maximum absolute atomic E-state index is 6.38. The number of nitrogens with two attached hydrogens (primary N) is 1. The van der Waals surface area contributed by atoms with Crippen molar-refractivity contribution in [1.82, 2.24) is 15.1 Å². The van der Waals surface area contributed by atoms with Gasteiger partial charge in [0, 0.05) is 12.0 Å². The van der Waals surface area contributed by atoms with Crippen LogP contribution in [0.25, 0.3) is 0 Å². The van der Waals surface area contributed by atoms with E-state index in [1.54, 1.807) is 0 Å². The molecule has 1 fully saturated rings. The molecule has 5 heteroatoms. The van der Waals surface area contributed by atoms with E-state index < -0.39 is 0 Å². The Hall–Kier alpha value is -0.390. The third-order valence-electron chi connectivity index (χ3n) is 3.85. The van der Waals surface area contributed by atoms with Crippen LogP contribution in [-0.4, -0.2) is 22.9 Å². The molecule has 0 aliphatic carbocycles. The molecule has 1 aromatic rings. The minimum absolute atomic E-state index is 0.136. The first kappa shape index (κ1) is 9.81. The van der Waals surface area contributed by atoms with E-state index in [1.165, 1.54) is 5.69 Å². The highest BCUT2D eigenvalue weighted by molar-refractivity contribution is 9.10. The summed E-state index contributed by atoms with van der Waals surface area (Å²) < 4.78 is 3.13. The summed E-state index contributed by atoms with van der Waals surface area (Å²) >= 11 is 3.53. The Balaban J connectivity index is 1.98. The lowest BCUT2D eigenvalue weighted by atomic mass is 9.74. The van der Waals surface area contributed by atoms with Gasteiger partial charge in [0.25, 0.3) is 0 Å². The molecular formula is C10H15BrN4. The maximum atomic E-state index is 6.38. The van der Waals surface area contributed by atoms with Gasteiger partial charge in [-0.05, 0) is 41.9 Å². The Labute approximate surface area is 97.3 Å². The van der Waals surface area contributed by atoms with Gasteiger partial charge in [-0.25, -0.2) is 0 Å². The highest BCUT2D eigenvalue weighted by Gasteiger charge is 2.46. The van der Waals surface area contributed by atoms with Gasteiger partial charge in [-0.15, -0.1) is 0 Å². The molecule has 4 nitrogen and oxygen atoms in total. The molecule has 1 aromatic heterocycles. The molecule has 0 bridgehead atoms. The largest absolute Gasteiger partial charge is 0.322 e. The average molecular weight is 271 g/mol. The standard InChI is InChI=1S/C10H15BrN4/c11-7-5-14-15-6-10(9(12)8(7)15)1-3-13-4-2-10/h5,9,13H,1-4,6,12H2/t9-/m1/s1. The molecule has 1 atom stereocenters. The van der Waals surface area contributed by atoms with E-state index >= 15 is 0 Å². The number of aromatic nitrogens is 2. The topological polar surface area (TPSA) is 55.9 Å². The van der Waals surface area contributed by atoms with Gasteiger partial charge in [-0.1, -0.05) is 0 Å². The van der Waals surface area contributed by atoms with Gasteiger partial charge in [0.2, 0.25) is 0 Å². The summed E-state index contributed by atoms with van der Waals surface area (Å²) in [5.41, 5.74) is 7.81. The molecule has 3 rings (SSSR count). The highest BCUT2D eigenvalue weighted by Crippen LogP contribution is 2.48. The number of piperidine rings is 1. The lowest BCUT2D eigenvalue weighted by Crippen LogP contribution is -2.42. The summed E-state index contributed by atoms with van der Waals surface area (Å²) in [6.45, 7) is 3.14. The lowest BCUT2D eigenvalue weighted by molar-refractivity contribution is 0.158. The molecular weight excluding hydrogens is 256 g/mol. The zero-order valence-corrected chi connectivity index (χ0v) is 10.1. The van der Waals surface area contributed by atoms with Crippen LogP contribution in [0.4, 0.5) is 0 Å². The fraction of sp³-hybridized carbons (Fsp3) is 0.700. The van der Waals surface area contributed by atoms with Crippen molar-refractivity contribution in [1.29, 1.82) is 0 Å². The molecule has 2 aliphatic heterocycles. The van der Waals surface area contributed by atoms with Crippen molar-refractivity contribution in [2.75, 3.05) is 13.1 Å². The van der Waals surface area contributed by atoms with E-state index in [2.05, 4.69) is 31.0 Å². The minimum Gasteiger partial charge on any atom is -0.322 e. The molecule has 1 saturated heterocycles. The molecule has 0 amide bonds. The van der Waals surface area contributed by atoms with Gasteiger partial charge in [0.1, 0.15) is 0 Å². The van der Waals surface area contributed by atoms with Crippen LogP contribution in [0.1, 0.15) is 24.6 Å². The van der Waals surface area contributed by atoms with E-state index in [1.807, 2.05) is 6.20 Å². The molecule has 2 aliphatic rings. The monoisotopic (exact) mass is 270 g/mol. The molecule has 82 valence electrons.